The SMILES string of the molecule is CC(S)CCC(=O)[O-].CC(S)CCC(=O)[O-].CC(S)CCC(=O)[O-].OCC(CO)(CO)CO.[Bi+3]. The van der Waals surface area contributed by atoms with Crippen LogP contribution in [0.5, 0.6) is 0 Å². The maximum absolute atomic E-state index is 9.76. The number of hydrogen-bond acceptors (Lipinski definition) is 13. The maximum atomic E-state index is 9.76. The van der Waals surface area contributed by atoms with E-state index in [0.717, 1.165) is 0 Å². The number of carbonyl (C=O) groups excluding carboxylic acids is 3. The second-order valence-electron chi connectivity index (χ2n) is 7.41. The summed E-state index contributed by atoms with van der Waals surface area (Å²) in [6.07, 6.45) is 2.11. The molecule has 0 aliphatic carbocycles. The first-order valence-electron chi connectivity index (χ1n) is 10.2. The summed E-state index contributed by atoms with van der Waals surface area (Å²) in [5.41, 5.74) is -1.11. The Labute approximate surface area is 237 Å². The van der Waals surface area contributed by atoms with Gasteiger partial charge in [-0.1, -0.05) is 20.8 Å². The summed E-state index contributed by atoms with van der Waals surface area (Å²) < 4.78 is 0. The predicted octanol–water partition coefficient (Wildman–Crippen LogP) is -2.93. The van der Waals surface area contributed by atoms with E-state index < -0.39 is 49.8 Å². The molecule has 0 aliphatic heterocycles. The van der Waals surface area contributed by atoms with Crippen molar-refractivity contribution in [3.8, 4) is 0 Å². The van der Waals surface area contributed by atoms with Crippen molar-refractivity contribution in [2.45, 2.75) is 75.0 Å². The number of aliphatic carboxylic acids is 3. The van der Waals surface area contributed by atoms with Crippen molar-refractivity contribution in [2.24, 2.45) is 5.41 Å². The van der Waals surface area contributed by atoms with Crippen LogP contribution < -0.4 is 15.3 Å². The van der Waals surface area contributed by atoms with Crippen LogP contribution in [0.15, 0.2) is 0 Å². The van der Waals surface area contributed by atoms with Crippen molar-refractivity contribution in [1.82, 2.24) is 0 Å². The standard InChI is InChI=1S/C5H12O4.3C5H10O2S.Bi/c6-1-5(2-7,3-8)4-9;3*1-4(8)2-3-5(6)7;/h6-9H,1-4H2;3*4,8H,2-3H2,1H3,(H,6,7);/q;;;;+3/p-3. The summed E-state index contributed by atoms with van der Waals surface area (Å²) in [5.74, 6) is -2.98. The van der Waals surface area contributed by atoms with Crippen molar-refractivity contribution in [1.29, 1.82) is 0 Å². The van der Waals surface area contributed by atoms with E-state index in [1.807, 2.05) is 20.8 Å². The first-order chi connectivity index (χ1) is 15.1. The summed E-state index contributed by atoms with van der Waals surface area (Å²) in [6, 6.07) is 0. The summed E-state index contributed by atoms with van der Waals surface area (Å²) in [5, 5.41) is 63.7. The van der Waals surface area contributed by atoms with Gasteiger partial charge >= 0.3 is 26.2 Å². The number of carboxylic acid groups (broad SMARTS) is 3. The normalized spacial score (nSPS) is 12.5. The van der Waals surface area contributed by atoms with E-state index >= 15 is 0 Å². The minimum Gasteiger partial charge on any atom is -0.550 e. The Hall–Kier alpha value is 0.183. The molecular formula is C20H39BiO10S3. The number of hydrogen-bond donors (Lipinski definition) is 7. The van der Waals surface area contributed by atoms with E-state index in [4.69, 9.17) is 20.4 Å². The number of carboxylic acids is 3. The van der Waals surface area contributed by atoms with Gasteiger partial charge in [-0.25, -0.2) is 0 Å². The summed E-state index contributed by atoms with van der Waals surface area (Å²) >= 11 is 11.9. The van der Waals surface area contributed by atoms with Crippen LogP contribution in [0, 0.1) is 5.41 Å². The number of thiol groups is 3. The van der Waals surface area contributed by atoms with E-state index in [1.54, 1.807) is 0 Å². The largest absolute Gasteiger partial charge is 3.00 e. The molecule has 0 saturated carbocycles. The average molecular weight is 745 g/mol. The molecule has 202 valence electrons. The molecule has 0 aromatic carbocycles. The summed E-state index contributed by atoms with van der Waals surface area (Å²) in [4.78, 5) is 29.3. The average Bonchev–Trinajstić information content (AvgIpc) is 2.73. The van der Waals surface area contributed by atoms with Crippen molar-refractivity contribution < 1.29 is 50.1 Å². The van der Waals surface area contributed by atoms with Gasteiger partial charge in [0.1, 0.15) is 0 Å². The molecule has 2 radical (unpaired) electrons. The third-order valence-corrected chi connectivity index (χ3v) is 4.41. The van der Waals surface area contributed by atoms with Gasteiger partial charge in [-0.15, -0.1) is 0 Å². The zero-order valence-electron chi connectivity index (χ0n) is 19.8. The minimum atomic E-state index is -1.11. The molecule has 0 heterocycles. The Balaban J connectivity index is -0.000000109. The van der Waals surface area contributed by atoms with Crippen LogP contribution in [0.3, 0.4) is 0 Å². The smallest absolute Gasteiger partial charge is 0.550 e. The fraction of sp³-hybridized carbons (Fsp3) is 0.850. The molecule has 0 rings (SSSR count). The molecule has 14 heteroatoms. The summed E-state index contributed by atoms with van der Waals surface area (Å²) in [6.45, 7) is 3.93. The van der Waals surface area contributed by atoms with Gasteiger partial charge < -0.3 is 50.1 Å². The first-order valence-corrected chi connectivity index (χ1v) is 11.7. The van der Waals surface area contributed by atoms with Crippen molar-refractivity contribution >= 4 is 82.0 Å². The van der Waals surface area contributed by atoms with Gasteiger partial charge in [-0.2, -0.15) is 37.9 Å². The van der Waals surface area contributed by atoms with Gasteiger partial charge in [0.2, 0.25) is 0 Å². The topological polar surface area (TPSA) is 201 Å². The second kappa shape index (κ2) is 29.4. The Kier molecular flexibility index (Phi) is 38.2. The van der Waals surface area contributed by atoms with E-state index in [-0.39, 0.29) is 61.2 Å². The Morgan fingerprint density at radius 1 is 0.618 bits per heavy atom. The maximum Gasteiger partial charge on any atom is 3.00 e. The Morgan fingerprint density at radius 3 is 0.824 bits per heavy atom. The quantitative estimate of drug-likeness (QED) is 0.0757. The molecule has 3 unspecified atom stereocenters. The zero-order chi connectivity index (χ0) is 27.0. The van der Waals surface area contributed by atoms with Crippen molar-refractivity contribution in [3.05, 3.63) is 0 Å². The fourth-order valence-corrected chi connectivity index (χ4v) is 1.67. The van der Waals surface area contributed by atoms with Crippen LogP contribution in [-0.4, -0.2) is 107 Å². The Morgan fingerprint density at radius 2 is 0.794 bits per heavy atom. The second-order valence-corrected chi connectivity index (χ2v) is 10.1. The fourth-order valence-electron chi connectivity index (χ4n) is 1.28. The molecule has 0 aromatic heterocycles. The van der Waals surface area contributed by atoms with Crippen LogP contribution in [0.25, 0.3) is 0 Å². The van der Waals surface area contributed by atoms with E-state index in [2.05, 4.69) is 37.9 Å². The zero-order valence-corrected chi connectivity index (χ0v) is 26.0. The molecule has 0 bridgehead atoms. The van der Waals surface area contributed by atoms with Crippen LogP contribution in [0.4, 0.5) is 0 Å². The van der Waals surface area contributed by atoms with Crippen LogP contribution in [-0.2, 0) is 14.4 Å². The molecule has 0 aliphatic rings. The monoisotopic (exact) mass is 744 g/mol. The number of carbonyl (C=O) groups is 3. The predicted molar refractivity (Wildman–Crippen MR) is 135 cm³/mol. The van der Waals surface area contributed by atoms with Gasteiger partial charge in [-0.3, -0.25) is 0 Å². The van der Waals surface area contributed by atoms with Gasteiger partial charge in [0.25, 0.3) is 0 Å². The molecule has 0 amide bonds. The molecule has 0 fully saturated rings. The van der Waals surface area contributed by atoms with Crippen molar-refractivity contribution in [3.63, 3.8) is 0 Å². The van der Waals surface area contributed by atoms with Gasteiger partial charge in [0.05, 0.1) is 31.8 Å². The van der Waals surface area contributed by atoms with Crippen LogP contribution in [0.1, 0.15) is 59.3 Å². The van der Waals surface area contributed by atoms with E-state index in [0.29, 0.717) is 19.3 Å². The van der Waals surface area contributed by atoms with Gasteiger partial charge in [-0.05, 0) is 54.3 Å². The third-order valence-electron chi connectivity index (χ3n) is 3.64. The van der Waals surface area contributed by atoms with Gasteiger partial charge in [0, 0.05) is 17.9 Å². The molecule has 4 N–H and O–H groups in total. The van der Waals surface area contributed by atoms with E-state index in [9.17, 15) is 29.7 Å². The van der Waals surface area contributed by atoms with Crippen LogP contribution in [0.2, 0.25) is 0 Å². The summed E-state index contributed by atoms with van der Waals surface area (Å²) in [7, 11) is 0. The molecule has 10 nitrogen and oxygen atoms in total. The number of aliphatic hydroxyl groups excluding tert-OH is 4. The van der Waals surface area contributed by atoms with Crippen molar-refractivity contribution in [2.75, 3.05) is 26.4 Å². The molecular weight excluding hydrogens is 705 g/mol. The van der Waals surface area contributed by atoms with Gasteiger partial charge in [0.15, 0.2) is 0 Å². The Bertz CT molecular complexity index is 421. The molecule has 0 aromatic rings. The molecule has 34 heavy (non-hydrogen) atoms. The third kappa shape index (κ3) is 42.4. The molecule has 3 atom stereocenters. The number of rotatable bonds is 13. The first kappa shape index (κ1) is 44.2. The molecule has 0 spiro atoms. The van der Waals surface area contributed by atoms with Crippen LogP contribution >= 0.6 is 37.9 Å². The van der Waals surface area contributed by atoms with E-state index in [1.165, 1.54) is 0 Å². The molecule has 0 saturated heterocycles. The minimum absolute atomic E-state index is 0. The number of aliphatic hydroxyl groups is 4.